The molecule has 7 heteroatoms. The van der Waals surface area contributed by atoms with Crippen LogP contribution in [0, 0.1) is 5.92 Å². The summed E-state index contributed by atoms with van der Waals surface area (Å²) in [4.78, 5) is 23.9. The molecule has 2 N–H and O–H groups in total. The highest BCUT2D eigenvalue weighted by Crippen LogP contribution is 2.03. The van der Waals surface area contributed by atoms with Crippen LogP contribution < -0.4 is 16.2 Å². The zero-order chi connectivity index (χ0) is 14.7. The quantitative estimate of drug-likeness (QED) is 0.775. The van der Waals surface area contributed by atoms with Gasteiger partial charge in [0.15, 0.2) is 0 Å². The summed E-state index contributed by atoms with van der Waals surface area (Å²) in [6.45, 7) is 2.83. The normalized spacial score (nSPS) is 14.9. The second-order valence-corrected chi connectivity index (χ2v) is 5.21. The molecule has 2 heterocycles. The van der Waals surface area contributed by atoms with Crippen molar-refractivity contribution in [2.24, 2.45) is 5.92 Å². The molecule has 7 nitrogen and oxygen atoms in total. The highest BCUT2D eigenvalue weighted by molar-refractivity contribution is 5.77. The summed E-state index contributed by atoms with van der Waals surface area (Å²) in [5, 5.41) is 14.4. The number of aryl methyl sites for hydroxylation is 1. The van der Waals surface area contributed by atoms with Crippen molar-refractivity contribution in [3.63, 3.8) is 0 Å². The fourth-order valence-electron chi connectivity index (χ4n) is 2.22. The van der Waals surface area contributed by atoms with E-state index in [9.17, 15) is 9.59 Å². The van der Waals surface area contributed by atoms with E-state index in [-0.39, 0.29) is 24.4 Å². The monoisotopic (exact) mass is 287 g/mol. The Morgan fingerprint density at radius 2 is 2.19 bits per heavy atom. The Balaban J connectivity index is 1.60. The van der Waals surface area contributed by atoms with Crippen molar-refractivity contribution >= 4 is 16.8 Å². The lowest BCUT2D eigenvalue weighted by Gasteiger charge is -2.27. The molecule has 0 spiro atoms. The van der Waals surface area contributed by atoms with Crippen molar-refractivity contribution in [1.29, 1.82) is 0 Å². The first kappa shape index (κ1) is 13.7. The molecule has 0 unspecified atom stereocenters. The number of amides is 1. The van der Waals surface area contributed by atoms with E-state index < -0.39 is 0 Å². The van der Waals surface area contributed by atoms with E-state index in [0.29, 0.717) is 23.4 Å². The Bertz CT molecular complexity index is 708. The van der Waals surface area contributed by atoms with Crippen LogP contribution in [0.2, 0.25) is 0 Å². The Morgan fingerprint density at radius 1 is 1.38 bits per heavy atom. The van der Waals surface area contributed by atoms with Crippen molar-refractivity contribution < 1.29 is 4.79 Å². The lowest BCUT2D eigenvalue weighted by atomic mass is 10.0. The van der Waals surface area contributed by atoms with E-state index in [4.69, 9.17) is 0 Å². The number of hydrogen-bond acceptors (Lipinski definition) is 5. The number of aromatic nitrogens is 3. The second kappa shape index (κ2) is 6.01. The molecule has 2 aromatic rings. The van der Waals surface area contributed by atoms with Crippen LogP contribution in [-0.4, -0.2) is 40.5 Å². The minimum Gasteiger partial charge on any atom is -0.356 e. The maximum Gasteiger partial charge on any atom is 0.277 e. The van der Waals surface area contributed by atoms with Crippen LogP contribution in [0.15, 0.2) is 29.1 Å². The fraction of sp³-hybridized carbons (Fsp3) is 0.429. The van der Waals surface area contributed by atoms with E-state index in [2.05, 4.69) is 20.9 Å². The van der Waals surface area contributed by atoms with E-state index in [1.54, 1.807) is 18.2 Å². The third kappa shape index (κ3) is 3.08. The molecule has 1 aromatic carbocycles. The Labute approximate surface area is 121 Å². The average molecular weight is 287 g/mol. The smallest absolute Gasteiger partial charge is 0.277 e. The number of rotatable bonds is 5. The van der Waals surface area contributed by atoms with E-state index in [1.807, 2.05) is 6.07 Å². The zero-order valence-electron chi connectivity index (χ0n) is 11.6. The van der Waals surface area contributed by atoms with Gasteiger partial charge in [0.2, 0.25) is 5.91 Å². The largest absolute Gasteiger partial charge is 0.356 e. The van der Waals surface area contributed by atoms with Crippen molar-refractivity contribution in [3.8, 4) is 0 Å². The molecule has 21 heavy (non-hydrogen) atoms. The summed E-state index contributed by atoms with van der Waals surface area (Å²) in [7, 11) is 0. The van der Waals surface area contributed by atoms with Crippen LogP contribution in [0.5, 0.6) is 0 Å². The summed E-state index contributed by atoms with van der Waals surface area (Å²) in [6, 6.07) is 7.05. The zero-order valence-corrected chi connectivity index (χ0v) is 11.6. The van der Waals surface area contributed by atoms with Crippen molar-refractivity contribution in [2.75, 3.05) is 19.6 Å². The van der Waals surface area contributed by atoms with E-state index in [0.717, 1.165) is 13.1 Å². The molecule has 0 radical (unpaired) electrons. The van der Waals surface area contributed by atoms with Gasteiger partial charge in [0.1, 0.15) is 5.52 Å². The number of hydrogen-bond donors (Lipinski definition) is 2. The highest BCUT2D eigenvalue weighted by atomic mass is 16.2. The van der Waals surface area contributed by atoms with Gasteiger partial charge < -0.3 is 10.6 Å². The summed E-state index contributed by atoms with van der Waals surface area (Å²) in [5.41, 5.74) is 0.359. The molecule has 1 fully saturated rings. The number of fused-ring (bicyclic) bond motifs is 1. The SMILES string of the molecule is O=C(CCn1nnc2ccccc2c1=O)NCC1CNC1. The summed E-state index contributed by atoms with van der Waals surface area (Å²) < 4.78 is 1.24. The van der Waals surface area contributed by atoms with Gasteiger partial charge in [-0.05, 0) is 12.1 Å². The topological polar surface area (TPSA) is 88.9 Å². The first-order chi connectivity index (χ1) is 10.2. The fourth-order valence-corrected chi connectivity index (χ4v) is 2.22. The van der Waals surface area contributed by atoms with Gasteiger partial charge in [0, 0.05) is 32.0 Å². The lowest BCUT2D eigenvalue weighted by Crippen LogP contribution is -2.48. The van der Waals surface area contributed by atoms with Crippen LogP contribution >= 0.6 is 0 Å². The molecule has 1 aromatic heterocycles. The predicted octanol–water partition coefficient (Wildman–Crippen LogP) is -0.483. The molecule has 0 bridgehead atoms. The number of benzene rings is 1. The van der Waals surface area contributed by atoms with E-state index in [1.165, 1.54) is 4.68 Å². The van der Waals surface area contributed by atoms with E-state index >= 15 is 0 Å². The van der Waals surface area contributed by atoms with Crippen LogP contribution in [0.3, 0.4) is 0 Å². The Morgan fingerprint density at radius 3 is 2.95 bits per heavy atom. The van der Waals surface area contributed by atoms with Crippen molar-refractivity contribution in [1.82, 2.24) is 25.6 Å². The Hall–Kier alpha value is -2.28. The minimum atomic E-state index is -0.211. The number of nitrogens with one attached hydrogen (secondary N) is 2. The molecule has 1 amide bonds. The van der Waals surface area contributed by atoms with Gasteiger partial charge in [0.05, 0.1) is 11.9 Å². The standard InChI is InChI=1S/C14H17N5O2/c20-13(16-9-10-7-15-8-10)5-6-19-14(21)11-3-1-2-4-12(11)17-18-19/h1-4,10,15H,5-9H2,(H,16,20). The van der Waals surface area contributed by atoms with Gasteiger partial charge in [-0.2, -0.15) is 0 Å². The molecular formula is C14H17N5O2. The average Bonchev–Trinajstić information content (AvgIpc) is 2.45. The van der Waals surface area contributed by atoms with Gasteiger partial charge in [-0.15, -0.1) is 5.10 Å². The van der Waals surface area contributed by atoms with Crippen LogP contribution in [-0.2, 0) is 11.3 Å². The number of carbonyl (C=O) groups excluding carboxylic acids is 1. The molecule has 1 aliphatic heterocycles. The molecule has 3 rings (SSSR count). The van der Waals surface area contributed by atoms with Gasteiger partial charge in [0.25, 0.3) is 5.56 Å². The first-order valence-corrected chi connectivity index (χ1v) is 7.04. The maximum absolute atomic E-state index is 12.2. The molecule has 0 atom stereocenters. The molecule has 110 valence electrons. The summed E-state index contributed by atoms with van der Waals surface area (Å²) >= 11 is 0. The minimum absolute atomic E-state index is 0.0660. The number of nitrogens with zero attached hydrogens (tertiary/aromatic N) is 3. The van der Waals surface area contributed by atoms with Crippen LogP contribution in [0.25, 0.3) is 10.9 Å². The predicted molar refractivity (Wildman–Crippen MR) is 77.8 cm³/mol. The third-order valence-electron chi connectivity index (χ3n) is 3.63. The van der Waals surface area contributed by atoms with Crippen LogP contribution in [0.1, 0.15) is 6.42 Å². The van der Waals surface area contributed by atoms with Crippen molar-refractivity contribution in [2.45, 2.75) is 13.0 Å². The summed E-state index contributed by atoms with van der Waals surface area (Å²) in [5.74, 6) is 0.459. The van der Waals surface area contributed by atoms with Gasteiger partial charge in [-0.3, -0.25) is 9.59 Å². The van der Waals surface area contributed by atoms with Crippen LogP contribution in [0.4, 0.5) is 0 Å². The maximum atomic E-state index is 12.2. The first-order valence-electron chi connectivity index (χ1n) is 7.04. The summed E-state index contributed by atoms with van der Waals surface area (Å²) in [6.07, 6.45) is 0.229. The Kier molecular flexibility index (Phi) is 3.92. The van der Waals surface area contributed by atoms with Crippen molar-refractivity contribution in [3.05, 3.63) is 34.6 Å². The number of carbonyl (C=O) groups is 1. The second-order valence-electron chi connectivity index (χ2n) is 5.21. The lowest BCUT2D eigenvalue weighted by molar-refractivity contribution is -0.121. The molecule has 0 saturated carbocycles. The van der Waals surface area contributed by atoms with Gasteiger partial charge in [-0.25, -0.2) is 4.68 Å². The molecule has 1 saturated heterocycles. The molecular weight excluding hydrogens is 270 g/mol. The van der Waals surface area contributed by atoms with Gasteiger partial charge in [-0.1, -0.05) is 17.3 Å². The molecule has 1 aliphatic rings. The van der Waals surface area contributed by atoms with Gasteiger partial charge >= 0.3 is 0 Å². The molecule has 0 aliphatic carbocycles. The highest BCUT2D eigenvalue weighted by Gasteiger charge is 2.17. The third-order valence-corrected chi connectivity index (χ3v) is 3.63.